The fraction of sp³-hybridized carbons (Fsp3) is 0.600. The molecule has 2 aliphatic rings. The SMILES string of the molecule is CCC1(CC)NC(=O)C(C2C=CC=CC2(Cl)OC)C1=O. The number of hydrogen-bond donors (Lipinski definition) is 1. The maximum Gasteiger partial charge on any atom is 0.232 e. The molecule has 0 bridgehead atoms. The predicted molar refractivity (Wildman–Crippen MR) is 77.3 cm³/mol. The van der Waals surface area contributed by atoms with Gasteiger partial charge in [0, 0.05) is 13.0 Å². The minimum atomic E-state index is -1.15. The van der Waals surface area contributed by atoms with Crippen LogP contribution in [0, 0.1) is 11.8 Å². The Hall–Kier alpha value is -1.13. The number of rotatable bonds is 4. The number of halogens is 1. The van der Waals surface area contributed by atoms with E-state index >= 15 is 0 Å². The molecule has 1 aliphatic carbocycles. The number of carbonyl (C=O) groups is 2. The molecule has 1 amide bonds. The van der Waals surface area contributed by atoms with Gasteiger partial charge in [0.15, 0.2) is 10.8 Å². The van der Waals surface area contributed by atoms with Gasteiger partial charge in [-0.3, -0.25) is 9.59 Å². The Bertz CT molecular complexity index is 482. The van der Waals surface area contributed by atoms with Crippen molar-refractivity contribution in [2.45, 2.75) is 37.3 Å². The first-order valence-electron chi connectivity index (χ1n) is 6.90. The number of nitrogens with one attached hydrogen (secondary N) is 1. The Morgan fingerprint density at radius 1 is 1.30 bits per heavy atom. The number of hydrogen-bond acceptors (Lipinski definition) is 3. The molecule has 1 saturated heterocycles. The summed E-state index contributed by atoms with van der Waals surface area (Å²) in [6, 6.07) is 0. The van der Waals surface area contributed by atoms with E-state index in [4.69, 9.17) is 16.3 Å². The van der Waals surface area contributed by atoms with Crippen molar-refractivity contribution in [3.05, 3.63) is 24.3 Å². The van der Waals surface area contributed by atoms with Crippen LogP contribution in [0.3, 0.4) is 0 Å². The molecule has 1 fully saturated rings. The number of ketones is 1. The maximum atomic E-state index is 12.7. The highest BCUT2D eigenvalue weighted by molar-refractivity contribution is 6.25. The number of ether oxygens (including phenoxy) is 1. The van der Waals surface area contributed by atoms with Crippen LogP contribution in [0.1, 0.15) is 26.7 Å². The molecule has 110 valence electrons. The molecule has 0 aromatic heterocycles. The zero-order valence-corrected chi connectivity index (χ0v) is 12.7. The Morgan fingerprint density at radius 3 is 2.45 bits per heavy atom. The van der Waals surface area contributed by atoms with E-state index in [1.807, 2.05) is 13.8 Å². The summed E-state index contributed by atoms with van der Waals surface area (Å²) in [6.45, 7) is 3.82. The lowest BCUT2D eigenvalue weighted by Gasteiger charge is -2.34. The van der Waals surface area contributed by atoms with Crippen LogP contribution in [0.15, 0.2) is 24.3 Å². The fourth-order valence-electron chi connectivity index (χ4n) is 3.05. The van der Waals surface area contributed by atoms with Crippen LogP contribution in [0.5, 0.6) is 0 Å². The minimum absolute atomic E-state index is 0.0838. The average molecular weight is 298 g/mol. The Labute approximate surface area is 124 Å². The van der Waals surface area contributed by atoms with Gasteiger partial charge in [-0.2, -0.15) is 0 Å². The highest BCUT2D eigenvalue weighted by atomic mass is 35.5. The van der Waals surface area contributed by atoms with Gasteiger partial charge in [-0.25, -0.2) is 0 Å². The molecule has 1 N–H and O–H groups in total. The summed E-state index contributed by atoms with van der Waals surface area (Å²) >= 11 is 6.42. The van der Waals surface area contributed by atoms with Crippen molar-refractivity contribution < 1.29 is 14.3 Å². The standard InChI is InChI=1S/C15H20ClNO3/c1-4-14(5-2)12(18)11(13(19)17-14)10-8-6-7-9-15(10,16)20-3/h6-11H,4-5H2,1-3H3,(H,17,19). The second-order valence-corrected chi connectivity index (χ2v) is 5.88. The molecule has 5 heteroatoms. The largest absolute Gasteiger partial charge is 0.359 e. The molecule has 0 spiro atoms. The van der Waals surface area contributed by atoms with Gasteiger partial charge in [0.05, 0.1) is 5.54 Å². The molecule has 4 nitrogen and oxygen atoms in total. The Balaban J connectivity index is 2.38. The van der Waals surface area contributed by atoms with E-state index in [0.717, 1.165) is 0 Å². The molecule has 0 saturated carbocycles. The van der Waals surface area contributed by atoms with Crippen LogP contribution in [-0.2, 0) is 14.3 Å². The van der Waals surface area contributed by atoms with Crippen molar-refractivity contribution >= 4 is 23.3 Å². The zero-order chi connectivity index (χ0) is 15.0. The van der Waals surface area contributed by atoms with Crippen molar-refractivity contribution in [2.75, 3.05) is 7.11 Å². The summed E-state index contributed by atoms with van der Waals surface area (Å²) in [6.07, 6.45) is 8.18. The first kappa shape index (κ1) is 15.3. The van der Waals surface area contributed by atoms with Crippen molar-refractivity contribution in [3.8, 4) is 0 Å². The van der Waals surface area contributed by atoms with E-state index in [-0.39, 0.29) is 11.7 Å². The average Bonchev–Trinajstić information content (AvgIpc) is 2.71. The molecule has 3 atom stereocenters. The van der Waals surface area contributed by atoms with Crippen molar-refractivity contribution in [1.82, 2.24) is 5.32 Å². The van der Waals surface area contributed by atoms with Crippen LogP contribution in [-0.4, -0.2) is 29.4 Å². The molecule has 2 rings (SSSR count). The number of alkyl halides is 1. The van der Waals surface area contributed by atoms with Crippen molar-refractivity contribution in [3.63, 3.8) is 0 Å². The fourth-order valence-corrected chi connectivity index (χ4v) is 3.32. The smallest absolute Gasteiger partial charge is 0.232 e. The van der Waals surface area contributed by atoms with Gasteiger partial charge in [-0.05, 0) is 18.9 Å². The quantitative estimate of drug-likeness (QED) is 0.639. The van der Waals surface area contributed by atoms with Gasteiger partial charge in [0.25, 0.3) is 0 Å². The normalized spacial score (nSPS) is 35.4. The Morgan fingerprint density at radius 2 is 1.95 bits per heavy atom. The van der Waals surface area contributed by atoms with E-state index in [2.05, 4.69) is 5.32 Å². The molecular formula is C15H20ClNO3. The van der Waals surface area contributed by atoms with Gasteiger partial charge < -0.3 is 10.1 Å². The lowest BCUT2D eigenvalue weighted by atomic mass is 9.77. The van der Waals surface area contributed by atoms with Gasteiger partial charge in [-0.15, -0.1) is 0 Å². The number of Topliss-reactive ketones (excluding diaryl/α,β-unsaturated/α-hetero) is 1. The first-order chi connectivity index (χ1) is 9.44. The van der Waals surface area contributed by atoms with Crippen molar-refractivity contribution in [2.24, 2.45) is 11.8 Å². The summed E-state index contributed by atoms with van der Waals surface area (Å²) in [7, 11) is 1.48. The van der Waals surface area contributed by atoms with Gasteiger partial charge >= 0.3 is 0 Å². The highest BCUT2D eigenvalue weighted by Crippen LogP contribution is 2.42. The summed E-state index contributed by atoms with van der Waals surface area (Å²) in [5, 5.41) is 1.72. The molecule has 1 aliphatic heterocycles. The molecule has 0 radical (unpaired) electrons. The van der Waals surface area contributed by atoms with Crippen LogP contribution < -0.4 is 5.32 Å². The maximum absolute atomic E-state index is 12.7. The van der Waals surface area contributed by atoms with Crippen LogP contribution in [0.2, 0.25) is 0 Å². The lowest BCUT2D eigenvalue weighted by Crippen LogP contribution is -2.46. The van der Waals surface area contributed by atoms with Gasteiger partial charge in [0.1, 0.15) is 5.92 Å². The van der Waals surface area contributed by atoms with E-state index < -0.39 is 22.4 Å². The van der Waals surface area contributed by atoms with E-state index in [1.54, 1.807) is 24.3 Å². The number of amides is 1. The van der Waals surface area contributed by atoms with Crippen LogP contribution in [0.25, 0.3) is 0 Å². The van der Waals surface area contributed by atoms with Crippen LogP contribution in [0.4, 0.5) is 0 Å². The van der Waals surface area contributed by atoms with E-state index in [1.165, 1.54) is 7.11 Å². The zero-order valence-electron chi connectivity index (χ0n) is 12.0. The molecule has 0 aromatic carbocycles. The third-order valence-electron chi connectivity index (χ3n) is 4.49. The summed E-state index contributed by atoms with van der Waals surface area (Å²) < 4.78 is 5.33. The summed E-state index contributed by atoms with van der Waals surface area (Å²) in [5.74, 6) is -1.63. The minimum Gasteiger partial charge on any atom is -0.359 e. The van der Waals surface area contributed by atoms with E-state index in [0.29, 0.717) is 12.8 Å². The van der Waals surface area contributed by atoms with E-state index in [9.17, 15) is 9.59 Å². The predicted octanol–water partition coefficient (Wildman–Crippen LogP) is 2.18. The molecule has 20 heavy (non-hydrogen) atoms. The lowest BCUT2D eigenvalue weighted by molar-refractivity contribution is -0.132. The molecule has 0 aromatic rings. The number of carbonyl (C=O) groups excluding carboxylic acids is 2. The van der Waals surface area contributed by atoms with Crippen LogP contribution >= 0.6 is 11.6 Å². The highest BCUT2D eigenvalue weighted by Gasteiger charge is 2.56. The van der Waals surface area contributed by atoms with Gasteiger partial charge in [0.2, 0.25) is 5.91 Å². The van der Waals surface area contributed by atoms with Crippen molar-refractivity contribution in [1.29, 1.82) is 0 Å². The first-order valence-corrected chi connectivity index (χ1v) is 7.28. The third-order valence-corrected chi connectivity index (χ3v) is 5.02. The molecule has 3 unspecified atom stereocenters. The molecular weight excluding hydrogens is 278 g/mol. The second-order valence-electron chi connectivity index (χ2n) is 5.29. The number of allylic oxidation sites excluding steroid dienone is 2. The third kappa shape index (κ3) is 2.11. The van der Waals surface area contributed by atoms with Gasteiger partial charge in [-0.1, -0.05) is 43.7 Å². The monoisotopic (exact) mass is 297 g/mol. The number of methoxy groups -OCH3 is 1. The summed E-state index contributed by atoms with van der Waals surface area (Å²) in [5.41, 5.74) is -0.762. The Kier molecular flexibility index (Phi) is 4.07. The topological polar surface area (TPSA) is 55.4 Å². The second kappa shape index (κ2) is 5.34. The summed E-state index contributed by atoms with van der Waals surface area (Å²) in [4.78, 5) is 25.1. The molecule has 1 heterocycles.